The highest BCUT2D eigenvalue weighted by molar-refractivity contribution is 5.41. The van der Waals surface area contributed by atoms with Crippen LogP contribution in [0, 0.1) is 6.92 Å². The van der Waals surface area contributed by atoms with Crippen molar-refractivity contribution in [3.63, 3.8) is 0 Å². The molecule has 21 heavy (non-hydrogen) atoms. The molecule has 1 aromatic rings. The Morgan fingerprint density at radius 1 is 1.10 bits per heavy atom. The molecule has 2 rings (SSSR count). The molecule has 0 spiro atoms. The molecule has 0 aromatic heterocycles. The first-order valence-corrected chi connectivity index (χ1v) is 8.46. The summed E-state index contributed by atoms with van der Waals surface area (Å²) in [5, 5.41) is 3.58. The molecule has 0 heterocycles. The van der Waals surface area contributed by atoms with Gasteiger partial charge in [0.05, 0.1) is 6.10 Å². The molecule has 0 unspecified atom stereocenters. The molecule has 0 bridgehead atoms. The quantitative estimate of drug-likeness (QED) is 0.789. The zero-order valence-corrected chi connectivity index (χ0v) is 14.2. The van der Waals surface area contributed by atoms with Gasteiger partial charge in [-0.2, -0.15) is 0 Å². The summed E-state index contributed by atoms with van der Waals surface area (Å²) in [7, 11) is 0. The van der Waals surface area contributed by atoms with Gasteiger partial charge in [-0.05, 0) is 58.9 Å². The van der Waals surface area contributed by atoms with Crippen molar-refractivity contribution in [2.24, 2.45) is 0 Å². The van der Waals surface area contributed by atoms with Crippen molar-refractivity contribution in [2.45, 2.75) is 84.4 Å². The highest BCUT2D eigenvalue weighted by atomic mass is 16.5. The number of nitrogens with one attached hydrogen (secondary N) is 1. The van der Waals surface area contributed by atoms with E-state index in [1.165, 1.54) is 49.7 Å². The molecular weight excluding hydrogens is 258 g/mol. The third kappa shape index (κ3) is 5.35. The van der Waals surface area contributed by atoms with Crippen LogP contribution in [-0.4, -0.2) is 11.6 Å². The lowest BCUT2D eigenvalue weighted by Gasteiger charge is -2.24. The zero-order chi connectivity index (χ0) is 15.3. The van der Waals surface area contributed by atoms with E-state index >= 15 is 0 Å². The summed E-state index contributed by atoms with van der Waals surface area (Å²) in [6, 6.07) is 6.49. The van der Waals surface area contributed by atoms with Crippen LogP contribution in [0.2, 0.25) is 0 Å². The Bertz CT molecular complexity index is 439. The zero-order valence-electron chi connectivity index (χ0n) is 14.2. The van der Waals surface area contributed by atoms with Gasteiger partial charge in [0.15, 0.2) is 0 Å². The van der Waals surface area contributed by atoms with Gasteiger partial charge >= 0.3 is 0 Å². The molecule has 0 amide bonds. The molecule has 0 radical (unpaired) electrons. The van der Waals surface area contributed by atoms with Gasteiger partial charge in [-0.15, -0.1) is 0 Å². The van der Waals surface area contributed by atoms with Crippen LogP contribution in [0.1, 0.15) is 70.4 Å². The van der Waals surface area contributed by atoms with Crippen molar-refractivity contribution in [1.82, 2.24) is 5.32 Å². The molecule has 1 aliphatic rings. The average molecular weight is 289 g/mol. The topological polar surface area (TPSA) is 21.3 Å². The SMILES string of the molecule is Cc1cccc(CNC(C)(C)C)c1OC1CCCCCC1. The lowest BCUT2D eigenvalue weighted by molar-refractivity contribution is 0.180. The molecule has 1 aromatic carbocycles. The maximum atomic E-state index is 6.42. The largest absolute Gasteiger partial charge is 0.490 e. The molecule has 1 N–H and O–H groups in total. The smallest absolute Gasteiger partial charge is 0.127 e. The Morgan fingerprint density at radius 2 is 1.76 bits per heavy atom. The Kier molecular flexibility index (Phi) is 5.69. The van der Waals surface area contributed by atoms with Gasteiger partial charge in [0.1, 0.15) is 5.75 Å². The number of benzene rings is 1. The maximum absolute atomic E-state index is 6.42. The predicted molar refractivity (Wildman–Crippen MR) is 89.9 cm³/mol. The lowest BCUT2D eigenvalue weighted by Crippen LogP contribution is -2.35. The number of hydrogen-bond donors (Lipinski definition) is 1. The van der Waals surface area contributed by atoms with Crippen molar-refractivity contribution in [3.8, 4) is 5.75 Å². The minimum absolute atomic E-state index is 0.128. The number of ether oxygens (including phenoxy) is 1. The standard InChI is InChI=1S/C19H31NO/c1-15-10-9-11-16(14-20-19(2,3)4)18(15)21-17-12-7-5-6-8-13-17/h9-11,17,20H,5-8,12-14H2,1-4H3. The van der Waals surface area contributed by atoms with E-state index in [0.29, 0.717) is 6.10 Å². The number of aryl methyl sites for hydroxylation is 1. The summed E-state index contributed by atoms with van der Waals surface area (Å²) in [4.78, 5) is 0. The van der Waals surface area contributed by atoms with Crippen LogP contribution in [-0.2, 0) is 6.54 Å². The molecule has 1 fully saturated rings. The fourth-order valence-electron chi connectivity index (χ4n) is 2.91. The van der Waals surface area contributed by atoms with Crippen molar-refractivity contribution in [2.75, 3.05) is 0 Å². The fraction of sp³-hybridized carbons (Fsp3) is 0.684. The van der Waals surface area contributed by atoms with Crippen LogP contribution in [0.5, 0.6) is 5.75 Å². The predicted octanol–water partition coefficient (Wildman–Crippen LogP) is 4.98. The third-order valence-electron chi connectivity index (χ3n) is 4.19. The van der Waals surface area contributed by atoms with Crippen molar-refractivity contribution in [3.05, 3.63) is 29.3 Å². The molecule has 0 saturated heterocycles. The van der Waals surface area contributed by atoms with Crippen molar-refractivity contribution in [1.29, 1.82) is 0 Å². The van der Waals surface area contributed by atoms with Gasteiger partial charge in [0.25, 0.3) is 0 Å². The van der Waals surface area contributed by atoms with Gasteiger partial charge < -0.3 is 10.1 Å². The number of rotatable bonds is 4. The summed E-state index contributed by atoms with van der Waals surface area (Å²) >= 11 is 0. The summed E-state index contributed by atoms with van der Waals surface area (Å²) in [5.74, 6) is 1.11. The lowest BCUT2D eigenvalue weighted by atomic mass is 10.1. The van der Waals surface area contributed by atoms with Gasteiger partial charge in [-0.25, -0.2) is 0 Å². The second-order valence-corrected chi connectivity index (χ2v) is 7.40. The highest BCUT2D eigenvalue weighted by Gasteiger charge is 2.17. The van der Waals surface area contributed by atoms with Gasteiger partial charge in [-0.1, -0.05) is 31.0 Å². The monoisotopic (exact) mass is 289 g/mol. The summed E-state index contributed by atoms with van der Waals surface area (Å²) in [6.07, 6.45) is 8.18. The van der Waals surface area contributed by atoms with Crippen molar-refractivity contribution < 1.29 is 4.74 Å². The van der Waals surface area contributed by atoms with E-state index in [2.05, 4.69) is 51.2 Å². The van der Waals surface area contributed by atoms with Crippen LogP contribution in [0.25, 0.3) is 0 Å². The molecule has 2 heteroatoms. The van der Waals surface area contributed by atoms with Crippen LogP contribution >= 0.6 is 0 Å². The normalized spacial score (nSPS) is 17.5. The first-order chi connectivity index (χ1) is 9.96. The van der Waals surface area contributed by atoms with Gasteiger partial charge in [0.2, 0.25) is 0 Å². The van der Waals surface area contributed by atoms with E-state index in [0.717, 1.165) is 12.3 Å². The average Bonchev–Trinajstić information content (AvgIpc) is 2.67. The first kappa shape index (κ1) is 16.4. The molecule has 2 nitrogen and oxygen atoms in total. The minimum Gasteiger partial charge on any atom is -0.490 e. The van der Waals surface area contributed by atoms with E-state index in [1.54, 1.807) is 0 Å². The van der Waals surface area contributed by atoms with Gasteiger partial charge in [-0.3, -0.25) is 0 Å². The first-order valence-electron chi connectivity index (χ1n) is 8.46. The van der Waals surface area contributed by atoms with E-state index in [1.807, 2.05) is 0 Å². The molecule has 1 saturated carbocycles. The van der Waals surface area contributed by atoms with Crippen LogP contribution in [0.15, 0.2) is 18.2 Å². The van der Waals surface area contributed by atoms with E-state index in [4.69, 9.17) is 4.74 Å². The summed E-state index contributed by atoms with van der Waals surface area (Å²) < 4.78 is 6.42. The van der Waals surface area contributed by atoms with Crippen LogP contribution in [0.3, 0.4) is 0 Å². The maximum Gasteiger partial charge on any atom is 0.127 e. The van der Waals surface area contributed by atoms with Crippen LogP contribution < -0.4 is 10.1 Å². The van der Waals surface area contributed by atoms with Crippen LogP contribution in [0.4, 0.5) is 0 Å². The molecular formula is C19H31NO. The molecule has 118 valence electrons. The third-order valence-corrected chi connectivity index (χ3v) is 4.19. The molecule has 1 aliphatic carbocycles. The minimum atomic E-state index is 0.128. The Balaban J connectivity index is 2.09. The van der Waals surface area contributed by atoms with E-state index < -0.39 is 0 Å². The van der Waals surface area contributed by atoms with Crippen molar-refractivity contribution >= 4 is 0 Å². The Hall–Kier alpha value is -1.02. The molecule has 0 atom stereocenters. The highest BCUT2D eigenvalue weighted by Crippen LogP contribution is 2.29. The Morgan fingerprint density at radius 3 is 2.38 bits per heavy atom. The Labute approximate surface area is 130 Å². The molecule has 0 aliphatic heterocycles. The number of hydrogen-bond acceptors (Lipinski definition) is 2. The summed E-state index contributed by atoms with van der Waals surface area (Å²) in [6.45, 7) is 9.64. The van der Waals surface area contributed by atoms with Gasteiger partial charge in [0, 0.05) is 17.6 Å². The second-order valence-electron chi connectivity index (χ2n) is 7.40. The fourth-order valence-corrected chi connectivity index (χ4v) is 2.91. The number of para-hydroxylation sites is 1. The second kappa shape index (κ2) is 7.31. The van der Waals surface area contributed by atoms with E-state index in [9.17, 15) is 0 Å². The van der Waals surface area contributed by atoms with E-state index in [-0.39, 0.29) is 5.54 Å². The summed E-state index contributed by atoms with van der Waals surface area (Å²) in [5.41, 5.74) is 2.67.